The third-order valence-electron chi connectivity index (χ3n) is 7.21. The lowest BCUT2D eigenvalue weighted by Gasteiger charge is -2.28. The fourth-order valence-corrected chi connectivity index (χ4v) is 6.84. The Morgan fingerprint density at radius 2 is 2.14 bits per heavy atom. The van der Waals surface area contributed by atoms with Crippen molar-refractivity contribution in [3.8, 4) is 0 Å². The second kappa shape index (κ2) is 11.2. The molecular weight excluding hydrogens is 522 g/mol. The summed E-state index contributed by atoms with van der Waals surface area (Å²) < 4.78 is 1.01. The summed E-state index contributed by atoms with van der Waals surface area (Å²) in [4.78, 5) is 26.0. The third kappa shape index (κ3) is 5.76. The van der Waals surface area contributed by atoms with Crippen LogP contribution in [0.2, 0.25) is 0 Å². The Hall–Kier alpha value is -2.29. The molecule has 184 valence electrons. The van der Waals surface area contributed by atoms with Gasteiger partial charge in [0, 0.05) is 40.2 Å². The number of thiophene rings is 1. The number of benzene rings is 1. The highest BCUT2D eigenvalue weighted by molar-refractivity contribution is 9.10. The molecule has 1 unspecified atom stereocenters. The second-order valence-electron chi connectivity index (χ2n) is 9.55. The molecule has 2 aromatic heterocycles. The number of nitrogens with one attached hydrogen (secondary N) is 2. The molecule has 1 saturated carbocycles. The number of nitrogens with zero attached hydrogens (tertiary/aromatic N) is 3. The van der Waals surface area contributed by atoms with Gasteiger partial charge in [0.05, 0.1) is 11.9 Å². The van der Waals surface area contributed by atoms with Crippen LogP contribution < -0.4 is 10.6 Å². The second-order valence-corrected chi connectivity index (χ2v) is 11.5. The van der Waals surface area contributed by atoms with Gasteiger partial charge in [-0.3, -0.25) is 4.79 Å². The van der Waals surface area contributed by atoms with E-state index >= 15 is 0 Å². The number of hydrogen-bond acceptors (Lipinski definition) is 6. The van der Waals surface area contributed by atoms with E-state index in [1.165, 1.54) is 42.5 Å². The highest BCUT2D eigenvalue weighted by atomic mass is 79.9. The number of carbonyl (C=O) groups excluding carboxylic acids is 1. The first-order valence-electron chi connectivity index (χ1n) is 12.5. The Balaban J connectivity index is 1.22. The van der Waals surface area contributed by atoms with Gasteiger partial charge in [-0.1, -0.05) is 47.3 Å². The molecule has 1 atom stereocenters. The van der Waals surface area contributed by atoms with Crippen LogP contribution in [0.15, 0.2) is 47.2 Å². The topological polar surface area (TPSA) is 70.2 Å². The number of aromatic nitrogens is 2. The normalized spacial score (nSPS) is 17.6. The van der Waals surface area contributed by atoms with Crippen LogP contribution in [0, 0.1) is 5.92 Å². The zero-order chi connectivity index (χ0) is 24.2. The van der Waals surface area contributed by atoms with Gasteiger partial charge in [0.2, 0.25) is 5.91 Å². The minimum absolute atomic E-state index is 0.0822. The molecule has 2 N–H and O–H groups in total. The van der Waals surface area contributed by atoms with Gasteiger partial charge in [0.25, 0.3) is 0 Å². The molecule has 5 rings (SSSR count). The largest absolute Gasteiger partial charge is 0.340 e. The van der Waals surface area contributed by atoms with Gasteiger partial charge in [-0.25, -0.2) is 9.97 Å². The summed E-state index contributed by atoms with van der Waals surface area (Å²) in [5.74, 6) is 1.68. The van der Waals surface area contributed by atoms with Crippen LogP contribution in [0.4, 0.5) is 11.5 Å². The molecule has 0 radical (unpaired) electrons. The van der Waals surface area contributed by atoms with Crippen molar-refractivity contribution in [1.82, 2.24) is 20.2 Å². The Bertz CT molecular complexity index is 1220. The zero-order valence-electron chi connectivity index (χ0n) is 20.1. The van der Waals surface area contributed by atoms with Crippen LogP contribution in [0.5, 0.6) is 0 Å². The summed E-state index contributed by atoms with van der Waals surface area (Å²) in [6.07, 6.45) is 12.9. The van der Waals surface area contributed by atoms with E-state index in [2.05, 4.69) is 43.5 Å². The summed E-state index contributed by atoms with van der Waals surface area (Å²) in [5, 5.41) is 8.12. The Morgan fingerprint density at radius 1 is 1.29 bits per heavy atom. The number of fused-ring (bicyclic) bond motifs is 3. The van der Waals surface area contributed by atoms with E-state index in [1.54, 1.807) is 23.7 Å². The van der Waals surface area contributed by atoms with E-state index in [9.17, 15) is 4.79 Å². The summed E-state index contributed by atoms with van der Waals surface area (Å²) in [6, 6.07) is 8.56. The molecule has 0 bridgehead atoms. The number of rotatable bonds is 7. The molecule has 8 heteroatoms. The van der Waals surface area contributed by atoms with Crippen molar-refractivity contribution in [1.29, 1.82) is 0 Å². The van der Waals surface area contributed by atoms with Gasteiger partial charge in [0.15, 0.2) is 0 Å². The lowest BCUT2D eigenvalue weighted by molar-refractivity contribution is -0.126. The summed E-state index contributed by atoms with van der Waals surface area (Å²) in [5.41, 5.74) is 2.24. The van der Waals surface area contributed by atoms with Crippen LogP contribution in [0.3, 0.4) is 0 Å². The quantitative estimate of drug-likeness (QED) is 0.341. The van der Waals surface area contributed by atoms with E-state index in [4.69, 9.17) is 0 Å². The van der Waals surface area contributed by atoms with E-state index in [-0.39, 0.29) is 5.91 Å². The van der Waals surface area contributed by atoms with E-state index in [0.29, 0.717) is 19.1 Å². The maximum Gasteiger partial charge on any atom is 0.246 e. The first-order valence-corrected chi connectivity index (χ1v) is 14.2. The fourth-order valence-electron chi connectivity index (χ4n) is 5.23. The number of amides is 1. The molecule has 1 aliphatic heterocycles. The minimum atomic E-state index is 0.0822. The highest BCUT2D eigenvalue weighted by Gasteiger charge is 2.25. The van der Waals surface area contributed by atoms with Crippen LogP contribution in [-0.2, 0) is 17.8 Å². The molecule has 0 saturated heterocycles. The van der Waals surface area contributed by atoms with Crippen LogP contribution >= 0.6 is 27.3 Å². The fraction of sp³-hybridized carbons (Fsp3) is 0.444. The van der Waals surface area contributed by atoms with Gasteiger partial charge in [-0.2, -0.15) is 0 Å². The monoisotopic (exact) mass is 553 g/mol. The standard InChI is InChI=1S/C27H32BrN5OS/c1-18(19-7-3-2-4-8-19)29-13-6-11-24(34)33-14-12-22-23(16-33)35-27-25(22)26(30-17-31-27)32-21-10-5-9-20(28)15-21/h5-6,9-11,15,17-19,29H,2-4,7-8,12-14,16H2,1H3,(H,30,31,32). The number of carbonyl (C=O) groups is 1. The van der Waals surface area contributed by atoms with Crippen molar-refractivity contribution in [3.63, 3.8) is 0 Å². The lowest BCUT2D eigenvalue weighted by Crippen LogP contribution is -2.35. The predicted octanol–water partition coefficient (Wildman–Crippen LogP) is 6.20. The molecule has 0 spiro atoms. The zero-order valence-corrected chi connectivity index (χ0v) is 22.5. The molecular formula is C27H32BrN5OS. The van der Waals surface area contributed by atoms with Crippen molar-refractivity contribution >= 4 is 54.9 Å². The molecule has 3 aromatic rings. The Morgan fingerprint density at radius 3 is 2.97 bits per heavy atom. The first-order chi connectivity index (χ1) is 17.1. The van der Waals surface area contributed by atoms with E-state index in [1.807, 2.05) is 35.2 Å². The lowest BCUT2D eigenvalue weighted by atomic mass is 9.84. The maximum absolute atomic E-state index is 12.9. The molecule has 1 amide bonds. The van der Waals surface area contributed by atoms with Crippen molar-refractivity contribution in [2.45, 2.75) is 58.0 Å². The van der Waals surface area contributed by atoms with Gasteiger partial charge in [-0.15, -0.1) is 11.3 Å². The van der Waals surface area contributed by atoms with Gasteiger partial charge in [0.1, 0.15) is 17.0 Å². The minimum Gasteiger partial charge on any atom is -0.340 e. The SMILES string of the molecule is CC(NCC=CC(=O)N1CCc2c(sc3ncnc(Nc4cccc(Br)c4)c23)C1)C1CCCCC1. The summed E-state index contributed by atoms with van der Waals surface area (Å²) in [7, 11) is 0. The summed E-state index contributed by atoms with van der Waals surface area (Å²) in [6.45, 7) is 4.36. The van der Waals surface area contributed by atoms with Gasteiger partial charge < -0.3 is 15.5 Å². The first kappa shape index (κ1) is 24.4. The molecule has 1 aromatic carbocycles. The molecule has 35 heavy (non-hydrogen) atoms. The van der Waals surface area contributed by atoms with E-state index in [0.717, 1.165) is 45.1 Å². The highest BCUT2D eigenvalue weighted by Crippen LogP contribution is 2.38. The third-order valence-corrected chi connectivity index (χ3v) is 8.83. The number of hydrogen-bond donors (Lipinski definition) is 2. The van der Waals surface area contributed by atoms with E-state index < -0.39 is 0 Å². The molecule has 1 fully saturated rings. The molecule has 2 aliphatic rings. The summed E-state index contributed by atoms with van der Waals surface area (Å²) >= 11 is 5.19. The molecule has 3 heterocycles. The van der Waals surface area contributed by atoms with Crippen LogP contribution in [0.1, 0.15) is 49.5 Å². The van der Waals surface area contributed by atoms with Crippen molar-refractivity contribution in [3.05, 3.63) is 57.7 Å². The van der Waals surface area contributed by atoms with Crippen LogP contribution in [0.25, 0.3) is 10.2 Å². The van der Waals surface area contributed by atoms with Crippen LogP contribution in [-0.4, -0.2) is 39.9 Å². The molecule has 6 nitrogen and oxygen atoms in total. The number of halogens is 1. The molecule has 1 aliphatic carbocycles. The van der Waals surface area contributed by atoms with Crippen molar-refractivity contribution in [2.75, 3.05) is 18.4 Å². The average Bonchev–Trinajstić information content (AvgIpc) is 3.25. The Kier molecular flexibility index (Phi) is 7.80. The Labute approximate surface area is 219 Å². The predicted molar refractivity (Wildman–Crippen MR) is 147 cm³/mol. The smallest absolute Gasteiger partial charge is 0.246 e. The average molecular weight is 555 g/mol. The van der Waals surface area contributed by atoms with Crippen molar-refractivity contribution < 1.29 is 4.79 Å². The van der Waals surface area contributed by atoms with Gasteiger partial charge >= 0.3 is 0 Å². The van der Waals surface area contributed by atoms with Gasteiger partial charge in [-0.05, 0) is 55.9 Å². The number of anilines is 2. The maximum atomic E-state index is 12.9. The van der Waals surface area contributed by atoms with Crippen molar-refractivity contribution in [2.24, 2.45) is 5.92 Å².